The van der Waals surface area contributed by atoms with Gasteiger partial charge < -0.3 is 16.0 Å². The Kier molecular flexibility index (Phi) is 9.90. The van der Waals surface area contributed by atoms with E-state index in [1.807, 2.05) is 81.4 Å². The molecule has 0 aliphatic carbocycles. The Morgan fingerprint density at radius 1 is 1.03 bits per heavy atom. The summed E-state index contributed by atoms with van der Waals surface area (Å²) in [6.45, 7) is 9.11. The lowest BCUT2D eigenvalue weighted by atomic mass is 9.98. The van der Waals surface area contributed by atoms with Gasteiger partial charge in [-0.15, -0.1) is 6.58 Å². The van der Waals surface area contributed by atoms with Gasteiger partial charge in [0.05, 0.1) is 5.03 Å². The molecule has 186 valence electrons. The topological polar surface area (TPSA) is 65.5 Å². The Morgan fingerprint density at radius 3 is 2.50 bits per heavy atom. The Morgan fingerprint density at radius 2 is 1.78 bits per heavy atom. The van der Waals surface area contributed by atoms with Gasteiger partial charge in [-0.05, 0) is 87.2 Å². The van der Waals surface area contributed by atoms with Gasteiger partial charge >= 0.3 is 0 Å². The molecule has 0 spiro atoms. The van der Waals surface area contributed by atoms with Crippen molar-refractivity contribution in [2.75, 3.05) is 16.0 Å². The summed E-state index contributed by atoms with van der Waals surface area (Å²) in [5, 5.41) is 10.3. The predicted molar refractivity (Wildman–Crippen MR) is 154 cm³/mol. The van der Waals surface area contributed by atoms with E-state index in [1.165, 1.54) is 5.56 Å². The second kappa shape index (κ2) is 13.3. The number of benzene rings is 3. The number of para-hydroxylation sites is 1. The number of halogens is 1. The molecule has 0 radical (unpaired) electrons. The Balaban J connectivity index is 0.00000115. The molecule has 3 aromatic rings. The zero-order valence-corrected chi connectivity index (χ0v) is 21.8. The monoisotopic (exact) mass is 500 g/mol. The van der Waals surface area contributed by atoms with Crippen LogP contribution in [0.25, 0.3) is 0 Å². The second-order valence-electron chi connectivity index (χ2n) is 8.36. The van der Waals surface area contributed by atoms with Gasteiger partial charge in [0, 0.05) is 22.6 Å². The summed E-state index contributed by atoms with van der Waals surface area (Å²) in [6, 6.07) is 23.5. The fourth-order valence-electron chi connectivity index (χ4n) is 3.81. The van der Waals surface area contributed by atoms with Crippen LogP contribution in [0.3, 0.4) is 0 Å². The highest BCUT2D eigenvalue weighted by Gasteiger charge is 2.15. The first-order chi connectivity index (χ1) is 17.4. The summed E-state index contributed by atoms with van der Waals surface area (Å²) in [6.07, 6.45) is 4.90. The van der Waals surface area contributed by atoms with Crippen LogP contribution in [0, 0.1) is 0 Å². The number of fused-ring (bicyclic) bond motifs is 4. The molecular weight excluding hydrogens is 468 g/mol. The zero-order valence-electron chi connectivity index (χ0n) is 21.0. The summed E-state index contributed by atoms with van der Waals surface area (Å²) < 4.78 is 0. The molecule has 1 unspecified atom stereocenters. The fourth-order valence-corrected chi connectivity index (χ4v) is 3.91. The lowest BCUT2D eigenvalue weighted by Gasteiger charge is -2.16. The smallest absolute Gasteiger partial charge is 0.255 e. The van der Waals surface area contributed by atoms with Crippen molar-refractivity contribution in [3.8, 4) is 0 Å². The van der Waals surface area contributed by atoms with Crippen LogP contribution in [0.1, 0.15) is 42.3 Å². The minimum atomic E-state index is -0.187. The van der Waals surface area contributed by atoms with Crippen molar-refractivity contribution in [2.45, 2.75) is 39.8 Å². The van der Waals surface area contributed by atoms with Crippen LogP contribution in [0.15, 0.2) is 102 Å². The number of aliphatic imine (C=N–C) groups is 1. The Hall–Kier alpha value is -3.83. The molecule has 4 bridgehead atoms. The average Bonchev–Trinajstić information content (AvgIpc) is 2.88. The molecule has 4 rings (SSSR count). The van der Waals surface area contributed by atoms with Gasteiger partial charge in [-0.3, -0.25) is 4.79 Å². The second-order valence-corrected chi connectivity index (χ2v) is 8.77. The third kappa shape index (κ3) is 7.59. The third-order valence-corrected chi connectivity index (χ3v) is 5.83. The third-order valence-electron chi connectivity index (χ3n) is 5.43. The van der Waals surface area contributed by atoms with Crippen molar-refractivity contribution in [3.05, 3.63) is 113 Å². The normalized spacial score (nSPS) is 16.6. The molecule has 3 aromatic carbocycles. The summed E-state index contributed by atoms with van der Waals surface area (Å²) in [7, 11) is 0. The molecular formula is C30H33ClN4O. The van der Waals surface area contributed by atoms with E-state index < -0.39 is 0 Å². The van der Waals surface area contributed by atoms with Gasteiger partial charge in [-0.1, -0.05) is 54.1 Å². The molecule has 3 N–H and O–H groups in total. The Labute approximate surface area is 219 Å². The van der Waals surface area contributed by atoms with E-state index >= 15 is 0 Å². The van der Waals surface area contributed by atoms with Crippen molar-refractivity contribution in [1.29, 1.82) is 0 Å². The lowest BCUT2D eigenvalue weighted by Crippen LogP contribution is -2.20. The van der Waals surface area contributed by atoms with Gasteiger partial charge in [0.25, 0.3) is 5.91 Å². The van der Waals surface area contributed by atoms with Crippen LogP contribution in [-0.2, 0) is 12.8 Å². The van der Waals surface area contributed by atoms with Crippen LogP contribution in [0.2, 0.25) is 0 Å². The number of allylic oxidation sites excluding steroid dienone is 2. The minimum Gasteiger partial charge on any atom is -0.364 e. The van der Waals surface area contributed by atoms with Gasteiger partial charge in [-0.2, -0.15) is 0 Å². The number of nitrogens with zero attached hydrogens (tertiary/aromatic N) is 1. The molecule has 0 saturated carbocycles. The highest BCUT2D eigenvalue weighted by molar-refractivity contribution is 6.45. The molecule has 0 aromatic heterocycles. The molecule has 6 heteroatoms. The summed E-state index contributed by atoms with van der Waals surface area (Å²) in [5.41, 5.74) is 5.39. The number of nitrogens with one attached hydrogen (secondary N) is 3. The van der Waals surface area contributed by atoms with Crippen LogP contribution < -0.4 is 16.0 Å². The molecule has 36 heavy (non-hydrogen) atoms. The lowest BCUT2D eigenvalue weighted by molar-refractivity contribution is 0.102. The van der Waals surface area contributed by atoms with E-state index in [0.717, 1.165) is 35.5 Å². The number of hydrogen-bond acceptors (Lipinski definition) is 4. The van der Waals surface area contributed by atoms with E-state index in [9.17, 15) is 4.79 Å². The summed E-state index contributed by atoms with van der Waals surface area (Å²) in [5.74, 6) is 0.443. The molecule has 1 amide bonds. The number of rotatable bonds is 3. The minimum absolute atomic E-state index is 0.128. The number of carbonyl (C=O) groups is 1. The SMILES string of the molecule is C/C=C(Cl)\C1=N/C(C)Nc2cccc(c2)CCc2cc(ccc2C(=O)Nc2ccccc2)N1.C=CC. The summed E-state index contributed by atoms with van der Waals surface area (Å²) in [4.78, 5) is 17.8. The van der Waals surface area contributed by atoms with Crippen LogP contribution in [0.5, 0.6) is 0 Å². The first-order valence-electron chi connectivity index (χ1n) is 12.0. The fraction of sp³-hybridized carbons (Fsp3) is 0.200. The molecule has 0 saturated heterocycles. The van der Waals surface area contributed by atoms with E-state index in [0.29, 0.717) is 16.4 Å². The molecule has 5 nitrogen and oxygen atoms in total. The van der Waals surface area contributed by atoms with Crippen molar-refractivity contribution < 1.29 is 4.79 Å². The van der Waals surface area contributed by atoms with E-state index in [4.69, 9.17) is 16.6 Å². The number of anilines is 3. The van der Waals surface area contributed by atoms with Gasteiger partial charge in [0.15, 0.2) is 0 Å². The molecule has 1 atom stereocenters. The molecule has 1 heterocycles. The average molecular weight is 501 g/mol. The number of amidine groups is 1. The molecule has 0 fully saturated rings. The van der Waals surface area contributed by atoms with E-state index in [1.54, 1.807) is 12.2 Å². The zero-order chi connectivity index (χ0) is 25.9. The Bertz CT molecular complexity index is 1250. The van der Waals surface area contributed by atoms with Crippen molar-refractivity contribution in [3.63, 3.8) is 0 Å². The number of amides is 1. The van der Waals surface area contributed by atoms with Crippen LogP contribution in [0.4, 0.5) is 17.1 Å². The first kappa shape index (κ1) is 26.8. The van der Waals surface area contributed by atoms with Crippen molar-refractivity contribution in [2.24, 2.45) is 4.99 Å². The van der Waals surface area contributed by atoms with Crippen LogP contribution in [-0.4, -0.2) is 17.9 Å². The number of hydrogen-bond donors (Lipinski definition) is 3. The number of carbonyl (C=O) groups excluding carboxylic acids is 1. The van der Waals surface area contributed by atoms with Gasteiger partial charge in [-0.25, -0.2) is 4.99 Å². The first-order valence-corrected chi connectivity index (χ1v) is 12.4. The van der Waals surface area contributed by atoms with Gasteiger partial charge in [0.2, 0.25) is 0 Å². The highest BCUT2D eigenvalue weighted by Crippen LogP contribution is 2.23. The van der Waals surface area contributed by atoms with Gasteiger partial charge in [0.1, 0.15) is 12.0 Å². The predicted octanol–water partition coefficient (Wildman–Crippen LogP) is 7.64. The maximum atomic E-state index is 13.1. The van der Waals surface area contributed by atoms with E-state index in [2.05, 4.69) is 34.7 Å². The van der Waals surface area contributed by atoms with Crippen LogP contribution >= 0.6 is 11.6 Å². The largest absolute Gasteiger partial charge is 0.364 e. The maximum absolute atomic E-state index is 13.1. The van der Waals surface area contributed by atoms with Crippen molar-refractivity contribution >= 4 is 40.4 Å². The molecule has 1 aliphatic rings. The van der Waals surface area contributed by atoms with E-state index in [-0.39, 0.29) is 12.1 Å². The quantitative estimate of drug-likeness (QED) is 0.324. The summed E-state index contributed by atoms with van der Waals surface area (Å²) >= 11 is 6.46. The highest BCUT2D eigenvalue weighted by atomic mass is 35.5. The molecule has 1 aliphatic heterocycles. The standard InChI is InChI=1S/C27H27ClN4O.C3H6/c1-3-25(28)26-30-18(2)29-22-11-7-8-19(16-22)12-13-20-17-23(31-26)14-15-24(20)27(33)32-21-9-5-4-6-10-21;1-3-2/h3-11,14-18,29H,12-13H2,1-2H3,(H,30,31)(H,32,33);3H,1H2,2H3/b25-3+;. The number of aryl methyl sites for hydroxylation is 2. The maximum Gasteiger partial charge on any atom is 0.255 e. The van der Waals surface area contributed by atoms with Crippen molar-refractivity contribution in [1.82, 2.24) is 0 Å².